The molecule has 1 aromatic rings. The van der Waals surface area contributed by atoms with Gasteiger partial charge in [-0.1, -0.05) is 110 Å². The molecule has 1 unspecified atom stereocenters. The van der Waals surface area contributed by atoms with Crippen LogP contribution in [0.5, 0.6) is 0 Å². The molecule has 4 heteroatoms. The summed E-state index contributed by atoms with van der Waals surface area (Å²) >= 11 is 0. The molecule has 1 heterocycles. The fraction of sp³-hybridized carbons (Fsp3) is 0.778. The SMILES string of the molecule is C=C(C)C(=O)NC(CC)c1cnc(CCCCCCCCCCCCCCCCC)[nH]1. The third-order valence-corrected chi connectivity index (χ3v) is 6.14. The normalized spacial score (nSPS) is 12.1. The second kappa shape index (κ2) is 18.0. The second-order valence-electron chi connectivity index (χ2n) is 9.20. The highest BCUT2D eigenvalue weighted by Crippen LogP contribution is 2.17. The van der Waals surface area contributed by atoms with Gasteiger partial charge in [-0.05, 0) is 19.8 Å². The lowest BCUT2D eigenvalue weighted by atomic mass is 10.0. The van der Waals surface area contributed by atoms with E-state index < -0.39 is 0 Å². The van der Waals surface area contributed by atoms with Gasteiger partial charge < -0.3 is 10.3 Å². The first-order valence-corrected chi connectivity index (χ1v) is 13.1. The number of nitrogens with zero attached hydrogens (tertiary/aromatic N) is 1. The Morgan fingerprint density at radius 3 is 1.84 bits per heavy atom. The molecule has 4 nitrogen and oxygen atoms in total. The van der Waals surface area contributed by atoms with Crippen LogP contribution in [0.1, 0.15) is 141 Å². The van der Waals surface area contributed by atoms with Crippen LogP contribution in [-0.4, -0.2) is 15.9 Å². The minimum absolute atomic E-state index is 0.0218. The van der Waals surface area contributed by atoms with Crippen molar-refractivity contribution in [1.82, 2.24) is 15.3 Å². The first-order chi connectivity index (χ1) is 15.1. The van der Waals surface area contributed by atoms with Crippen molar-refractivity contribution in [3.8, 4) is 0 Å². The smallest absolute Gasteiger partial charge is 0.246 e. The minimum atomic E-state index is -0.0922. The fourth-order valence-corrected chi connectivity index (χ4v) is 4.03. The predicted octanol–water partition coefficient (Wildman–Crippen LogP) is 7.97. The quantitative estimate of drug-likeness (QED) is 0.162. The lowest BCUT2D eigenvalue weighted by molar-refractivity contribution is -0.118. The summed E-state index contributed by atoms with van der Waals surface area (Å²) in [5, 5.41) is 3.01. The molecule has 0 aliphatic rings. The van der Waals surface area contributed by atoms with Crippen molar-refractivity contribution in [3.63, 3.8) is 0 Å². The summed E-state index contributed by atoms with van der Waals surface area (Å²) in [7, 11) is 0. The number of H-pyrrole nitrogens is 1. The monoisotopic (exact) mass is 431 g/mol. The van der Waals surface area contributed by atoms with E-state index >= 15 is 0 Å². The summed E-state index contributed by atoms with van der Waals surface area (Å²) in [4.78, 5) is 19.8. The molecule has 31 heavy (non-hydrogen) atoms. The van der Waals surface area contributed by atoms with Gasteiger partial charge in [0, 0.05) is 12.0 Å². The maximum Gasteiger partial charge on any atom is 0.246 e. The predicted molar refractivity (Wildman–Crippen MR) is 133 cm³/mol. The van der Waals surface area contributed by atoms with Crippen LogP contribution >= 0.6 is 0 Å². The second-order valence-corrected chi connectivity index (χ2v) is 9.20. The van der Waals surface area contributed by atoms with Crippen LogP contribution in [-0.2, 0) is 11.2 Å². The van der Waals surface area contributed by atoms with Crippen molar-refractivity contribution in [3.05, 3.63) is 29.9 Å². The van der Waals surface area contributed by atoms with Crippen molar-refractivity contribution in [2.75, 3.05) is 0 Å². The van der Waals surface area contributed by atoms with Crippen molar-refractivity contribution >= 4 is 5.91 Å². The van der Waals surface area contributed by atoms with Gasteiger partial charge in [-0.25, -0.2) is 4.98 Å². The van der Waals surface area contributed by atoms with Crippen LogP contribution < -0.4 is 5.32 Å². The number of hydrogen-bond donors (Lipinski definition) is 2. The van der Waals surface area contributed by atoms with E-state index in [4.69, 9.17) is 0 Å². The maximum atomic E-state index is 11.9. The van der Waals surface area contributed by atoms with E-state index in [0.717, 1.165) is 24.4 Å². The van der Waals surface area contributed by atoms with E-state index in [0.29, 0.717) is 5.57 Å². The maximum absolute atomic E-state index is 11.9. The highest BCUT2D eigenvalue weighted by Gasteiger charge is 2.15. The topological polar surface area (TPSA) is 57.8 Å². The first-order valence-electron chi connectivity index (χ1n) is 13.1. The van der Waals surface area contributed by atoms with E-state index in [1.807, 2.05) is 6.20 Å². The molecular formula is C27H49N3O. The van der Waals surface area contributed by atoms with Gasteiger partial charge in [0.2, 0.25) is 5.91 Å². The summed E-state index contributed by atoms with van der Waals surface area (Å²) in [6.07, 6.45) is 24.5. The Bertz CT molecular complexity index is 593. The molecule has 1 atom stereocenters. The Labute approximate surface area is 192 Å². The average molecular weight is 432 g/mol. The molecule has 1 amide bonds. The van der Waals surface area contributed by atoms with Gasteiger partial charge in [-0.2, -0.15) is 0 Å². The number of rotatable bonds is 20. The number of aryl methyl sites for hydroxylation is 1. The molecule has 1 rings (SSSR count). The van der Waals surface area contributed by atoms with Crippen molar-refractivity contribution in [2.24, 2.45) is 0 Å². The Morgan fingerprint density at radius 1 is 0.903 bits per heavy atom. The summed E-state index contributed by atoms with van der Waals surface area (Å²) in [5.41, 5.74) is 1.53. The number of imidazole rings is 1. The number of amides is 1. The number of aromatic amines is 1. The van der Waals surface area contributed by atoms with Crippen LogP contribution in [0.15, 0.2) is 18.3 Å². The van der Waals surface area contributed by atoms with E-state index in [1.54, 1.807) is 6.92 Å². The van der Waals surface area contributed by atoms with Crippen LogP contribution in [0, 0.1) is 0 Å². The highest BCUT2D eigenvalue weighted by molar-refractivity contribution is 5.92. The fourth-order valence-electron chi connectivity index (χ4n) is 4.03. The molecule has 0 spiro atoms. The first kappa shape index (κ1) is 27.5. The van der Waals surface area contributed by atoms with Crippen LogP contribution in [0.2, 0.25) is 0 Å². The third-order valence-electron chi connectivity index (χ3n) is 6.14. The highest BCUT2D eigenvalue weighted by atomic mass is 16.1. The molecule has 0 bridgehead atoms. The number of aromatic nitrogens is 2. The summed E-state index contributed by atoms with van der Waals surface area (Å²) in [6, 6.07) is -0.0218. The lowest BCUT2D eigenvalue weighted by Crippen LogP contribution is -2.28. The molecule has 0 aromatic carbocycles. The van der Waals surface area contributed by atoms with E-state index in [-0.39, 0.29) is 11.9 Å². The zero-order valence-electron chi connectivity index (χ0n) is 20.7. The van der Waals surface area contributed by atoms with Gasteiger partial charge in [-0.15, -0.1) is 0 Å². The van der Waals surface area contributed by atoms with Gasteiger partial charge in [0.05, 0.1) is 17.9 Å². The summed E-state index contributed by atoms with van der Waals surface area (Å²) < 4.78 is 0. The molecule has 0 aliphatic heterocycles. The number of carbonyl (C=O) groups is 1. The standard InChI is InChI=1S/C27H49N3O/c1-5-7-8-9-10-11-12-13-14-15-16-17-18-19-20-21-26-28-22-25(29-26)24(6-2)30-27(31)23(3)4/h22,24H,3,5-21H2,1-2,4H3,(H,28,29)(H,30,31). The van der Waals surface area contributed by atoms with Gasteiger partial charge >= 0.3 is 0 Å². The Kier molecular flexibility index (Phi) is 16.0. The van der Waals surface area contributed by atoms with Gasteiger partial charge in [0.15, 0.2) is 0 Å². The molecule has 1 aromatic heterocycles. The molecule has 0 radical (unpaired) electrons. The van der Waals surface area contributed by atoms with Gasteiger partial charge in [0.1, 0.15) is 5.82 Å². The zero-order valence-corrected chi connectivity index (χ0v) is 20.7. The summed E-state index contributed by atoms with van der Waals surface area (Å²) in [6.45, 7) is 9.79. The third kappa shape index (κ3) is 13.4. The Hall–Kier alpha value is -1.58. The van der Waals surface area contributed by atoms with Crippen molar-refractivity contribution in [1.29, 1.82) is 0 Å². The Balaban J connectivity index is 2.00. The number of carbonyl (C=O) groups excluding carboxylic acids is 1. The molecule has 0 saturated heterocycles. The van der Waals surface area contributed by atoms with Crippen LogP contribution in [0.3, 0.4) is 0 Å². The largest absolute Gasteiger partial charge is 0.344 e. The van der Waals surface area contributed by atoms with E-state index in [1.165, 1.54) is 96.3 Å². The molecule has 0 saturated carbocycles. The zero-order chi connectivity index (χ0) is 22.7. The molecule has 0 fully saturated rings. The molecule has 2 N–H and O–H groups in total. The van der Waals surface area contributed by atoms with Crippen molar-refractivity contribution in [2.45, 2.75) is 136 Å². The molecular weight excluding hydrogens is 382 g/mol. The average Bonchev–Trinajstić information content (AvgIpc) is 3.23. The lowest BCUT2D eigenvalue weighted by Gasteiger charge is -2.15. The minimum Gasteiger partial charge on any atom is -0.344 e. The van der Waals surface area contributed by atoms with Crippen LogP contribution in [0.4, 0.5) is 0 Å². The van der Waals surface area contributed by atoms with Gasteiger partial charge in [-0.3, -0.25) is 4.79 Å². The van der Waals surface area contributed by atoms with E-state index in [9.17, 15) is 4.79 Å². The Morgan fingerprint density at radius 2 is 1.39 bits per heavy atom. The van der Waals surface area contributed by atoms with Gasteiger partial charge in [0.25, 0.3) is 0 Å². The number of unbranched alkanes of at least 4 members (excludes halogenated alkanes) is 14. The molecule has 178 valence electrons. The summed E-state index contributed by atoms with van der Waals surface area (Å²) in [5.74, 6) is 0.943. The molecule has 0 aliphatic carbocycles. The van der Waals surface area contributed by atoms with E-state index in [2.05, 4.69) is 35.7 Å². The number of hydrogen-bond acceptors (Lipinski definition) is 2. The van der Waals surface area contributed by atoms with Crippen LogP contribution in [0.25, 0.3) is 0 Å². The number of nitrogens with one attached hydrogen (secondary N) is 2. The van der Waals surface area contributed by atoms with Crippen molar-refractivity contribution < 1.29 is 4.79 Å².